The van der Waals surface area contributed by atoms with Crippen molar-refractivity contribution >= 4 is 30.8 Å². The Morgan fingerprint density at radius 1 is 1.35 bits per heavy atom. The van der Waals surface area contributed by atoms with E-state index in [-0.39, 0.29) is 30.8 Å². The second-order valence-corrected chi connectivity index (χ2v) is 2.96. The summed E-state index contributed by atoms with van der Waals surface area (Å²) in [4.78, 5) is 3.98. The molecule has 0 bridgehead atoms. The molecule has 0 aliphatic rings. The maximum atomic E-state index is 8.28. The highest BCUT2D eigenvalue weighted by molar-refractivity contribution is 5.85. The van der Waals surface area contributed by atoms with E-state index in [1.807, 2.05) is 24.3 Å². The SMILES string of the molecule is Cl.Cl.N#CNC(N)=NCc1cccc(CN)c1. The second kappa shape index (κ2) is 9.73. The van der Waals surface area contributed by atoms with E-state index >= 15 is 0 Å². The zero-order chi connectivity index (χ0) is 11.1. The van der Waals surface area contributed by atoms with Gasteiger partial charge in [-0.3, -0.25) is 5.32 Å². The summed E-state index contributed by atoms with van der Waals surface area (Å²) in [6.45, 7) is 0.942. The number of halogens is 2. The molecule has 0 unspecified atom stereocenters. The fourth-order valence-electron chi connectivity index (χ4n) is 1.13. The average Bonchev–Trinajstić information content (AvgIpc) is 2.27. The molecule has 17 heavy (non-hydrogen) atoms. The molecule has 0 saturated heterocycles. The van der Waals surface area contributed by atoms with Gasteiger partial charge in [-0.2, -0.15) is 5.26 Å². The second-order valence-electron chi connectivity index (χ2n) is 2.96. The lowest BCUT2D eigenvalue weighted by molar-refractivity contribution is 1.01. The molecule has 1 rings (SSSR count). The number of benzene rings is 1. The van der Waals surface area contributed by atoms with Gasteiger partial charge < -0.3 is 11.5 Å². The summed E-state index contributed by atoms with van der Waals surface area (Å²) in [6, 6.07) is 7.76. The summed E-state index contributed by atoms with van der Waals surface area (Å²) in [6.07, 6.45) is 1.70. The van der Waals surface area contributed by atoms with Crippen LogP contribution in [0.15, 0.2) is 29.3 Å². The van der Waals surface area contributed by atoms with Crippen LogP contribution in [0.5, 0.6) is 0 Å². The summed E-state index contributed by atoms with van der Waals surface area (Å²) in [5, 5.41) is 10.5. The summed E-state index contributed by atoms with van der Waals surface area (Å²) < 4.78 is 0. The fourth-order valence-corrected chi connectivity index (χ4v) is 1.13. The minimum absolute atomic E-state index is 0. The van der Waals surface area contributed by atoms with Crippen molar-refractivity contribution in [2.45, 2.75) is 13.1 Å². The molecule has 5 N–H and O–H groups in total. The Hall–Kier alpha value is -1.48. The largest absolute Gasteiger partial charge is 0.369 e. The van der Waals surface area contributed by atoms with E-state index in [2.05, 4.69) is 10.3 Å². The van der Waals surface area contributed by atoms with Crippen LogP contribution in [-0.2, 0) is 13.1 Å². The van der Waals surface area contributed by atoms with Crippen LogP contribution >= 0.6 is 24.8 Å². The van der Waals surface area contributed by atoms with Gasteiger partial charge in [0.25, 0.3) is 0 Å². The molecule has 0 aliphatic carbocycles. The predicted octanol–water partition coefficient (Wildman–Crippen LogP) is 0.874. The molecule has 0 fully saturated rings. The molecular weight excluding hydrogens is 261 g/mol. The van der Waals surface area contributed by atoms with Crippen LogP contribution < -0.4 is 16.8 Å². The maximum Gasteiger partial charge on any atom is 0.202 e. The molecular formula is C10H15Cl2N5. The highest BCUT2D eigenvalue weighted by atomic mass is 35.5. The number of guanidine groups is 1. The van der Waals surface area contributed by atoms with Gasteiger partial charge in [0, 0.05) is 6.54 Å². The summed E-state index contributed by atoms with van der Waals surface area (Å²) >= 11 is 0. The van der Waals surface area contributed by atoms with Crippen molar-refractivity contribution in [1.82, 2.24) is 5.32 Å². The van der Waals surface area contributed by atoms with Crippen molar-refractivity contribution in [1.29, 1.82) is 5.26 Å². The van der Waals surface area contributed by atoms with Gasteiger partial charge >= 0.3 is 0 Å². The molecule has 0 atom stereocenters. The summed E-state index contributed by atoms with van der Waals surface area (Å²) in [7, 11) is 0. The first-order valence-electron chi connectivity index (χ1n) is 4.49. The third kappa shape index (κ3) is 6.64. The maximum absolute atomic E-state index is 8.28. The molecule has 1 aromatic carbocycles. The lowest BCUT2D eigenvalue weighted by atomic mass is 10.1. The fraction of sp³-hybridized carbons (Fsp3) is 0.200. The molecule has 0 radical (unpaired) electrons. The van der Waals surface area contributed by atoms with Crippen LogP contribution in [0.1, 0.15) is 11.1 Å². The van der Waals surface area contributed by atoms with Gasteiger partial charge in [-0.05, 0) is 11.1 Å². The van der Waals surface area contributed by atoms with Gasteiger partial charge in [0.1, 0.15) is 0 Å². The van der Waals surface area contributed by atoms with Gasteiger partial charge in [0.05, 0.1) is 6.54 Å². The minimum Gasteiger partial charge on any atom is -0.369 e. The number of nitrogens with two attached hydrogens (primary N) is 2. The van der Waals surface area contributed by atoms with Crippen molar-refractivity contribution in [3.05, 3.63) is 35.4 Å². The molecule has 0 amide bonds. The van der Waals surface area contributed by atoms with Crippen LogP contribution in [0.25, 0.3) is 0 Å². The molecule has 0 heterocycles. The first-order valence-corrected chi connectivity index (χ1v) is 4.49. The van der Waals surface area contributed by atoms with Crippen LogP contribution in [-0.4, -0.2) is 5.96 Å². The Morgan fingerprint density at radius 3 is 2.59 bits per heavy atom. The molecule has 0 aromatic heterocycles. The molecule has 0 spiro atoms. The third-order valence-corrected chi connectivity index (χ3v) is 1.84. The molecule has 0 aliphatic heterocycles. The zero-order valence-electron chi connectivity index (χ0n) is 9.09. The van der Waals surface area contributed by atoms with Crippen LogP contribution in [0, 0.1) is 11.5 Å². The molecule has 7 heteroatoms. The predicted molar refractivity (Wildman–Crippen MR) is 72.9 cm³/mol. The van der Waals surface area contributed by atoms with Crippen molar-refractivity contribution in [2.24, 2.45) is 16.5 Å². The van der Waals surface area contributed by atoms with Gasteiger partial charge in [-0.15, -0.1) is 24.8 Å². The minimum atomic E-state index is 0. The van der Waals surface area contributed by atoms with Gasteiger partial charge in [-0.1, -0.05) is 24.3 Å². The van der Waals surface area contributed by atoms with E-state index in [0.29, 0.717) is 13.1 Å². The Labute approximate surface area is 113 Å². The van der Waals surface area contributed by atoms with Gasteiger partial charge in [0.15, 0.2) is 6.19 Å². The molecule has 0 saturated carbocycles. The Bertz CT molecular complexity index is 400. The molecule has 94 valence electrons. The zero-order valence-corrected chi connectivity index (χ0v) is 10.7. The first-order chi connectivity index (χ1) is 7.26. The molecule has 5 nitrogen and oxygen atoms in total. The highest BCUT2D eigenvalue weighted by Gasteiger charge is 1.94. The number of hydrogen-bond donors (Lipinski definition) is 3. The first kappa shape index (κ1) is 17.9. The normalized spacial score (nSPS) is 9.53. The summed E-state index contributed by atoms with van der Waals surface area (Å²) in [5.41, 5.74) is 13.0. The monoisotopic (exact) mass is 275 g/mol. The Morgan fingerprint density at radius 2 is 2.00 bits per heavy atom. The van der Waals surface area contributed by atoms with Crippen LogP contribution in [0.4, 0.5) is 0 Å². The van der Waals surface area contributed by atoms with E-state index in [1.165, 1.54) is 0 Å². The lowest BCUT2D eigenvalue weighted by Crippen LogP contribution is -2.27. The quantitative estimate of drug-likeness (QED) is 0.330. The average molecular weight is 276 g/mol. The lowest BCUT2D eigenvalue weighted by Gasteiger charge is -2.01. The highest BCUT2D eigenvalue weighted by Crippen LogP contribution is 2.05. The van der Waals surface area contributed by atoms with Crippen LogP contribution in [0.2, 0.25) is 0 Å². The number of rotatable bonds is 3. The number of aliphatic imine (C=N–C) groups is 1. The number of nitrogens with one attached hydrogen (secondary N) is 1. The van der Waals surface area contributed by atoms with E-state index in [0.717, 1.165) is 11.1 Å². The number of nitriles is 1. The third-order valence-electron chi connectivity index (χ3n) is 1.84. The van der Waals surface area contributed by atoms with E-state index in [4.69, 9.17) is 16.7 Å². The Kier molecular flexibility index (Phi) is 10.2. The Balaban J connectivity index is 0. The number of nitrogens with zero attached hydrogens (tertiary/aromatic N) is 2. The summed E-state index contributed by atoms with van der Waals surface area (Å²) in [5.74, 6) is 0.121. The van der Waals surface area contributed by atoms with E-state index in [9.17, 15) is 0 Å². The number of hydrogen-bond acceptors (Lipinski definition) is 3. The smallest absolute Gasteiger partial charge is 0.202 e. The van der Waals surface area contributed by atoms with Gasteiger partial charge in [0.2, 0.25) is 5.96 Å². The van der Waals surface area contributed by atoms with Crippen molar-refractivity contribution < 1.29 is 0 Å². The van der Waals surface area contributed by atoms with Gasteiger partial charge in [-0.25, -0.2) is 4.99 Å². The van der Waals surface area contributed by atoms with E-state index in [1.54, 1.807) is 6.19 Å². The van der Waals surface area contributed by atoms with E-state index < -0.39 is 0 Å². The topological polar surface area (TPSA) is 100 Å². The van der Waals surface area contributed by atoms with Crippen molar-refractivity contribution in [3.63, 3.8) is 0 Å². The van der Waals surface area contributed by atoms with Crippen LogP contribution in [0.3, 0.4) is 0 Å². The van der Waals surface area contributed by atoms with Crippen molar-refractivity contribution in [3.8, 4) is 6.19 Å². The molecule has 1 aromatic rings. The van der Waals surface area contributed by atoms with Crippen molar-refractivity contribution in [2.75, 3.05) is 0 Å². The standard InChI is InChI=1S/C10H13N5.2ClH/c11-5-8-2-1-3-9(4-8)6-14-10(13)15-7-12;;/h1-4H,5-6,11H2,(H3,13,14,15);2*1H.